The first-order chi connectivity index (χ1) is 9.90. The molecule has 0 aromatic heterocycles. The minimum absolute atomic E-state index is 0.0208. The van der Waals surface area contributed by atoms with Crippen LogP contribution in [0.25, 0.3) is 0 Å². The van der Waals surface area contributed by atoms with Crippen LogP contribution in [0.2, 0.25) is 5.02 Å². The average Bonchev–Trinajstić information content (AvgIpc) is 2.46. The lowest BCUT2D eigenvalue weighted by atomic mass is 10.1. The van der Waals surface area contributed by atoms with Gasteiger partial charge in [-0.05, 0) is 49.2 Å². The third kappa shape index (κ3) is 3.79. The zero-order valence-corrected chi connectivity index (χ0v) is 14.8. The van der Waals surface area contributed by atoms with Gasteiger partial charge in [0.15, 0.2) is 0 Å². The Bertz CT molecular complexity index is 611. The van der Waals surface area contributed by atoms with Crippen LogP contribution in [0.3, 0.4) is 0 Å². The summed E-state index contributed by atoms with van der Waals surface area (Å²) >= 11 is 9.56. The van der Waals surface area contributed by atoms with Gasteiger partial charge in [-0.25, -0.2) is 0 Å². The van der Waals surface area contributed by atoms with Crippen LogP contribution in [0.5, 0.6) is 0 Å². The molecule has 2 atom stereocenters. The Hall–Kier alpha value is -1.03. The number of nitrogens with zero attached hydrogens (tertiary/aromatic N) is 1. The van der Waals surface area contributed by atoms with Crippen LogP contribution in [0.4, 0.5) is 5.69 Å². The summed E-state index contributed by atoms with van der Waals surface area (Å²) in [7, 11) is 2.09. The Labute approximate surface area is 140 Å². The highest BCUT2D eigenvalue weighted by Crippen LogP contribution is 2.31. The molecular formula is C17H20BrClN2. The van der Waals surface area contributed by atoms with Crippen LogP contribution in [0, 0.1) is 0 Å². The van der Waals surface area contributed by atoms with Crippen molar-refractivity contribution < 1.29 is 0 Å². The van der Waals surface area contributed by atoms with Crippen molar-refractivity contribution in [2.24, 2.45) is 5.73 Å². The fourth-order valence-electron chi connectivity index (χ4n) is 2.29. The summed E-state index contributed by atoms with van der Waals surface area (Å²) in [6.45, 7) is 4.16. The highest BCUT2D eigenvalue weighted by molar-refractivity contribution is 9.10. The van der Waals surface area contributed by atoms with Gasteiger partial charge in [-0.15, -0.1) is 0 Å². The SMILES string of the molecule is CC(c1ccc(Cl)cc1)N(C)c1ccc([C@H](C)N)c(Br)c1. The number of halogens is 2. The van der Waals surface area contributed by atoms with E-state index in [0.29, 0.717) is 0 Å². The Morgan fingerprint density at radius 3 is 2.24 bits per heavy atom. The molecule has 0 aliphatic heterocycles. The highest BCUT2D eigenvalue weighted by Gasteiger charge is 2.14. The maximum atomic E-state index is 5.95. The molecule has 2 rings (SSSR count). The van der Waals surface area contributed by atoms with Crippen LogP contribution < -0.4 is 10.6 Å². The lowest BCUT2D eigenvalue weighted by molar-refractivity contribution is 0.738. The molecular weight excluding hydrogens is 348 g/mol. The predicted octanol–water partition coefficient (Wildman–Crippen LogP) is 5.32. The van der Waals surface area contributed by atoms with E-state index < -0.39 is 0 Å². The van der Waals surface area contributed by atoms with Gasteiger partial charge in [0, 0.05) is 28.3 Å². The first-order valence-electron chi connectivity index (χ1n) is 6.93. The molecule has 0 aliphatic rings. The number of hydrogen-bond donors (Lipinski definition) is 1. The Morgan fingerprint density at radius 1 is 1.10 bits per heavy atom. The van der Waals surface area contributed by atoms with Crippen molar-refractivity contribution in [3.8, 4) is 0 Å². The van der Waals surface area contributed by atoms with E-state index in [1.54, 1.807) is 0 Å². The molecule has 0 amide bonds. The van der Waals surface area contributed by atoms with Crippen LogP contribution in [-0.2, 0) is 0 Å². The normalized spacial score (nSPS) is 13.8. The summed E-state index contributed by atoms with van der Waals surface area (Å²) in [5.74, 6) is 0. The maximum absolute atomic E-state index is 5.95. The van der Waals surface area contributed by atoms with Gasteiger partial charge in [-0.3, -0.25) is 0 Å². The Kier molecular flexibility index (Phi) is 5.31. The molecule has 2 nitrogen and oxygen atoms in total. The zero-order valence-electron chi connectivity index (χ0n) is 12.5. The topological polar surface area (TPSA) is 29.3 Å². The van der Waals surface area contributed by atoms with E-state index in [4.69, 9.17) is 17.3 Å². The maximum Gasteiger partial charge on any atom is 0.0511 e. The van der Waals surface area contributed by atoms with E-state index in [2.05, 4.69) is 65.1 Å². The van der Waals surface area contributed by atoms with E-state index in [0.717, 1.165) is 20.7 Å². The first-order valence-corrected chi connectivity index (χ1v) is 8.10. The van der Waals surface area contributed by atoms with Gasteiger partial charge in [-0.2, -0.15) is 0 Å². The van der Waals surface area contributed by atoms with Crippen molar-refractivity contribution in [2.45, 2.75) is 25.9 Å². The molecule has 2 aromatic rings. The van der Waals surface area contributed by atoms with Crippen molar-refractivity contribution >= 4 is 33.2 Å². The van der Waals surface area contributed by atoms with Crippen LogP contribution in [0.15, 0.2) is 46.9 Å². The molecule has 21 heavy (non-hydrogen) atoms. The predicted molar refractivity (Wildman–Crippen MR) is 95.0 cm³/mol. The minimum atomic E-state index is 0.0208. The molecule has 0 fully saturated rings. The zero-order chi connectivity index (χ0) is 15.6. The molecule has 0 radical (unpaired) electrons. The summed E-state index contributed by atoms with van der Waals surface area (Å²) < 4.78 is 1.05. The van der Waals surface area contributed by atoms with Crippen molar-refractivity contribution in [1.29, 1.82) is 0 Å². The second kappa shape index (κ2) is 6.82. The fourth-order valence-corrected chi connectivity index (χ4v) is 3.15. The summed E-state index contributed by atoms with van der Waals surface area (Å²) in [6, 6.07) is 14.6. The van der Waals surface area contributed by atoms with E-state index >= 15 is 0 Å². The average molecular weight is 368 g/mol. The lowest BCUT2D eigenvalue weighted by Crippen LogP contribution is -2.21. The quantitative estimate of drug-likeness (QED) is 0.792. The molecule has 2 aromatic carbocycles. The first kappa shape index (κ1) is 16.3. The number of rotatable bonds is 4. The molecule has 0 bridgehead atoms. The molecule has 1 unspecified atom stereocenters. The van der Waals surface area contributed by atoms with Gasteiger partial charge in [-0.1, -0.05) is 45.7 Å². The van der Waals surface area contributed by atoms with Gasteiger partial charge in [0.2, 0.25) is 0 Å². The molecule has 2 N–H and O–H groups in total. The summed E-state index contributed by atoms with van der Waals surface area (Å²) in [5.41, 5.74) is 9.44. The molecule has 0 saturated heterocycles. The lowest BCUT2D eigenvalue weighted by Gasteiger charge is -2.28. The smallest absolute Gasteiger partial charge is 0.0511 e. The second-order valence-corrected chi connectivity index (χ2v) is 6.62. The van der Waals surface area contributed by atoms with Crippen LogP contribution in [0.1, 0.15) is 37.1 Å². The fraction of sp³-hybridized carbons (Fsp3) is 0.294. The van der Waals surface area contributed by atoms with Gasteiger partial charge in [0.05, 0.1) is 6.04 Å². The molecule has 112 valence electrons. The van der Waals surface area contributed by atoms with E-state index in [1.807, 2.05) is 19.1 Å². The van der Waals surface area contributed by atoms with Gasteiger partial charge in [0.1, 0.15) is 0 Å². The summed E-state index contributed by atoms with van der Waals surface area (Å²) in [5, 5.41) is 0.762. The molecule has 4 heteroatoms. The van der Waals surface area contributed by atoms with Crippen molar-refractivity contribution in [3.63, 3.8) is 0 Å². The number of hydrogen-bond acceptors (Lipinski definition) is 2. The van der Waals surface area contributed by atoms with Gasteiger partial charge in [0.25, 0.3) is 0 Å². The highest BCUT2D eigenvalue weighted by atomic mass is 79.9. The van der Waals surface area contributed by atoms with Crippen LogP contribution >= 0.6 is 27.5 Å². The van der Waals surface area contributed by atoms with Crippen molar-refractivity contribution in [1.82, 2.24) is 0 Å². The third-order valence-electron chi connectivity index (χ3n) is 3.82. The third-order valence-corrected chi connectivity index (χ3v) is 4.75. The van der Waals surface area contributed by atoms with E-state index in [9.17, 15) is 0 Å². The van der Waals surface area contributed by atoms with Gasteiger partial charge >= 0.3 is 0 Å². The van der Waals surface area contributed by atoms with Crippen molar-refractivity contribution in [2.75, 3.05) is 11.9 Å². The number of anilines is 1. The molecule has 0 heterocycles. The molecule has 0 saturated carbocycles. The van der Waals surface area contributed by atoms with E-state index in [1.165, 1.54) is 5.56 Å². The number of benzene rings is 2. The minimum Gasteiger partial charge on any atom is -0.368 e. The Morgan fingerprint density at radius 2 is 1.71 bits per heavy atom. The largest absolute Gasteiger partial charge is 0.368 e. The second-order valence-electron chi connectivity index (χ2n) is 5.33. The van der Waals surface area contributed by atoms with Gasteiger partial charge < -0.3 is 10.6 Å². The molecule has 0 spiro atoms. The standard InChI is InChI=1S/C17H20BrClN2/c1-11(20)16-9-8-15(10-17(16)18)21(3)12(2)13-4-6-14(19)7-5-13/h4-12H,20H2,1-3H3/t11-,12?/m0/s1. The monoisotopic (exact) mass is 366 g/mol. The van der Waals surface area contributed by atoms with E-state index in [-0.39, 0.29) is 12.1 Å². The number of nitrogens with two attached hydrogens (primary N) is 1. The summed E-state index contributed by atoms with van der Waals surface area (Å²) in [4.78, 5) is 2.24. The van der Waals surface area contributed by atoms with Crippen LogP contribution in [-0.4, -0.2) is 7.05 Å². The molecule has 0 aliphatic carbocycles. The van der Waals surface area contributed by atoms with Crippen molar-refractivity contribution in [3.05, 3.63) is 63.1 Å². The summed E-state index contributed by atoms with van der Waals surface area (Å²) in [6.07, 6.45) is 0. The Balaban J connectivity index is 2.25.